The standard InChI is InChI=1S/C42H34O2/c1-7-21-35(22-8-1)41(36-23-9-2-10-24-36,37-25-11-3-12-26-37)43-33-19-20-34-44-42(38-27-13-4-14-28-38,39-29-15-5-16-30-39)40-31-17-6-18-32-40/h1-18,21-32H,33-34H2. The topological polar surface area (TPSA) is 18.5 Å². The van der Waals surface area contributed by atoms with E-state index in [1.54, 1.807) is 0 Å². The van der Waals surface area contributed by atoms with Crippen LogP contribution in [0.5, 0.6) is 0 Å². The van der Waals surface area contributed by atoms with Gasteiger partial charge in [-0.15, -0.1) is 0 Å². The highest BCUT2D eigenvalue weighted by molar-refractivity contribution is 5.49. The first-order valence-electron chi connectivity index (χ1n) is 14.9. The Morgan fingerprint density at radius 1 is 0.295 bits per heavy atom. The molecule has 6 aromatic carbocycles. The summed E-state index contributed by atoms with van der Waals surface area (Å²) in [4.78, 5) is 0. The lowest BCUT2D eigenvalue weighted by Gasteiger charge is -2.35. The fourth-order valence-corrected chi connectivity index (χ4v) is 5.93. The fourth-order valence-electron chi connectivity index (χ4n) is 5.93. The molecule has 44 heavy (non-hydrogen) atoms. The quantitative estimate of drug-likeness (QED) is 0.121. The monoisotopic (exact) mass is 570 g/mol. The molecule has 0 unspecified atom stereocenters. The summed E-state index contributed by atoms with van der Waals surface area (Å²) in [6, 6.07) is 62.2. The Labute approximate surface area is 260 Å². The van der Waals surface area contributed by atoms with Crippen LogP contribution in [0.4, 0.5) is 0 Å². The second-order valence-corrected chi connectivity index (χ2v) is 10.5. The fraction of sp³-hybridized carbons (Fsp3) is 0.0952. The summed E-state index contributed by atoms with van der Waals surface area (Å²) in [7, 11) is 0. The summed E-state index contributed by atoms with van der Waals surface area (Å²) in [6.45, 7) is 0.439. The molecule has 0 saturated heterocycles. The van der Waals surface area contributed by atoms with Gasteiger partial charge in [0.2, 0.25) is 0 Å². The largest absolute Gasteiger partial charge is 0.348 e. The minimum Gasteiger partial charge on any atom is -0.348 e. The third kappa shape index (κ3) is 5.85. The van der Waals surface area contributed by atoms with Crippen LogP contribution in [0.25, 0.3) is 0 Å². The molecule has 0 N–H and O–H groups in total. The van der Waals surface area contributed by atoms with Gasteiger partial charge in [-0.3, -0.25) is 0 Å². The van der Waals surface area contributed by atoms with Crippen LogP contribution in [-0.2, 0) is 20.7 Å². The Morgan fingerprint density at radius 3 is 0.659 bits per heavy atom. The predicted octanol–water partition coefficient (Wildman–Crippen LogP) is 9.01. The van der Waals surface area contributed by atoms with Gasteiger partial charge in [-0.1, -0.05) is 194 Å². The highest BCUT2D eigenvalue weighted by Gasteiger charge is 2.38. The summed E-state index contributed by atoms with van der Waals surface area (Å²) in [5.74, 6) is 6.56. The van der Waals surface area contributed by atoms with Gasteiger partial charge in [0.25, 0.3) is 0 Å². The molecule has 214 valence electrons. The molecule has 0 aromatic heterocycles. The van der Waals surface area contributed by atoms with E-state index >= 15 is 0 Å². The summed E-state index contributed by atoms with van der Waals surface area (Å²) in [5.41, 5.74) is 4.65. The minimum absolute atomic E-state index is 0.219. The van der Waals surface area contributed by atoms with Crippen LogP contribution >= 0.6 is 0 Å². The zero-order chi connectivity index (χ0) is 29.9. The van der Waals surface area contributed by atoms with Crippen LogP contribution in [0, 0.1) is 11.8 Å². The Balaban J connectivity index is 1.33. The molecule has 6 aromatic rings. The van der Waals surface area contributed by atoms with E-state index in [0.29, 0.717) is 0 Å². The molecule has 0 saturated carbocycles. The summed E-state index contributed by atoms with van der Waals surface area (Å²) in [6.07, 6.45) is 0. The molecule has 0 radical (unpaired) electrons. The number of hydrogen-bond acceptors (Lipinski definition) is 2. The molecular weight excluding hydrogens is 536 g/mol. The van der Waals surface area contributed by atoms with Gasteiger partial charge in [0, 0.05) is 0 Å². The van der Waals surface area contributed by atoms with Crippen molar-refractivity contribution in [2.24, 2.45) is 0 Å². The second kappa shape index (κ2) is 13.8. The van der Waals surface area contributed by atoms with Crippen molar-refractivity contribution in [3.63, 3.8) is 0 Å². The van der Waals surface area contributed by atoms with E-state index in [1.165, 1.54) is 0 Å². The molecule has 0 bridgehead atoms. The van der Waals surface area contributed by atoms with Crippen molar-refractivity contribution in [2.45, 2.75) is 11.2 Å². The molecule has 0 atom stereocenters. The average molecular weight is 571 g/mol. The van der Waals surface area contributed by atoms with Crippen molar-refractivity contribution < 1.29 is 9.47 Å². The van der Waals surface area contributed by atoms with Crippen molar-refractivity contribution in [1.82, 2.24) is 0 Å². The van der Waals surface area contributed by atoms with Crippen molar-refractivity contribution in [2.75, 3.05) is 13.2 Å². The third-order valence-electron chi connectivity index (χ3n) is 7.93. The number of hydrogen-bond donors (Lipinski definition) is 0. The zero-order valence-corrected chi connectivity index (χ0v) is 24.6. The molecule has 0 aliphatic heterocycles. The van der Waals surface area contributed by atoms with Crippen LogP contribution < -0.4 is 0 Å². The summed E-state index contributed by atoms with van der Waals surface area (Å²) in [5, 5.41) is 0. The smallest absolute Gasteiger partial charge is 0.145 e. The maximum atomic E-state index is 6.84. The first-order chi connectivity index (χ1) is 21.8. The van der Waals surface area contributed by atoms with Gasteiger partial charge in [-0.05, 0) is 33.4 Å². The molecule has 0 amide bonds. The lowest BCUT2D eigenvalue weighted by atomic mass is 9.80. The minimum atomic E-state index is -0.818. The highest BCUT2D eigenvalue weighted by atomic mass is 16.5. The van der Waals surface area contributed by atoms with Crippen LogP contribution in [-0.4, -0.2) is 13.2 Å². The van der Waals surface area contributed by atoms with E-state index < -0.39 is 11.2 Å². The van der Waals surface area contributed by atoms with Crippen molar-refractivity contribution in [3.05, 3.63) is 215 Å². The zero-order valence-electron chi connectivity index (χ0n) is 24.6. The number of rotatable bonds is 10. The van der Waals surface area contributed by atoms with E-state index in [1.807, 2.05) is 36.4 Å². The lowest BCUT2D eigenvalue weighted by molar-refractivity contribution is 0.0315. The van der Waals surface area contributed by atoms with Crippen LogP contribution in [0.1, 0.15) is 33.4 Å². The maximum absolute atomic E-state index is 6.84. The van der Waals surface area contributed by atoms with Gasteiger partial charge in [0.05, 0.1) is 0 Å². The molecule has 0 aliphatic rings. The average Bonchev–Trinajstić information content (AvgIpc) is 3.12. The Hall–Kier alpha value is -5.20. The molecule has 0 spiro atoms. The van der Waals surface area contributed by atoms with Gasteiger partial charge in [-0.25, -0.2) is 0 Å². The van der Waals surface area contributed by atoms with Gasteiger partial charge >= 0.3 is 0 Å². The first-order valence-corrected chi connectivity index (χ1v) is 14.9. The SMILES string of the molecule is C(#CCOC(c1ccccc1)(c1ccccc1)c1ccccc1)COC(c1ccccc1)(c1ccccc1)c1ccccc1. The van der Waals surface area contributed by atoms with Crippen LogP contribution in [0.3, 0.4) is 0 Å². The van der Waals surface area contributed by atoms with Gasteiger partial charge < -0.3 is 9.47 Å². The lowest BCUT2D eigenvalue weighted by Crippen LogP contribution is -2.33. The maximum Gasteiger partial charge on any atom is 0.145 e. The van der Waals surface area contributed by atoms with Gasteiger partial charge in [0.1, 0.15) is 24.4 Å². The summed E-state index contributed by atoms with van der Waals surface area (Å²) >= 11 is 0. The van der Waals surface area contributed by atoms with Crippen molar-refractivity contribution in [1.29, 1.82) is 0 Å². The molecule has 0 aliphatic carbocycles. The van der Waals surface area contributed by atoms with Gasteiger partial charge in [0.15, 0.2) is 0 Å². The molecular formula is C42H34O2. The number of benzene rings is 6. The van der Waals surface area contributed by atoms with E-state index in [9.17, 15) is 0 Å². The van der Waals surface area contributed by atoms with E-state index in [2.05, 4.69) is 157 Å². The number of ether oxygens (including phenoxy) is 2. The van der Waals surface area contributed by atoms with E-state index in [0.717, 1.165) is 33.4 Å². The van der Waals surface area contributed by atoms with Crippen LogP contribution in [0.2, 0.25) is 0 Å². The third-order valence-corrected chi connectivity index (χ3v) is 7.93. The Bertz CT molecular complexity index is 1450. The second-order valence-electron chi connectivity index (χ2n) is 10.5. The molecule has 0 heterocycles. The van der Waals surface area contributed by atoms with E-state index in [-0.39, 0.29) is 13.2 Å². The molecule has 2 nitrogen and oxygen atoms in total. The van der Waals surface area contributed by atoms with E-state index in [4.69, 9.17) is 9.47 Å². The Morgan fingerprint density at radius 2 is 0.477 bits per heavy atom. The molecule has 2 heteroatoms. The molecule has 6 rings (SSSR count). The Kier molecular flexibility index (Phi) is 9.09. The van der Waals surface area contributed by atoms with Gasteiger partial charge in [-0.2, -0.15) is 0 Å². The predicted molar refractivity (Wildman–Crippen MR) is 178 cm³/mol. The summed E-state index contributed by atoms with van der Waals surface area (Å²) < 4.78 is 13.7. The van der Waals surface area contributed by atoms with Crippen molar-refractivity contribution >= 4 is 0 Å². The first kappa shape index (κ1) is 28.9. The molecule has 0 fully saturated rings. The van der Waals surface area contributed by atoms with Crippen LogP contribution in [0.15, 0.2) is 182 Å². The van der Waals surface area contributed by atoms with Crippen molar-refractivity contribution in [3.8, 4) is 11.8 Å². The normalized spacial score (nSPS) is 11.4. The highest BCUT2D eigenvalue weighted by Crippen LogP contribution is 2.41.